The van der Waals surface area contributed by atoms with E-state index >= 15 is 0 Å². The van der Waals surface area contributed by atoms with E-state index in [1.807, 2.05) is 18.2 Å². The third-order valence-corrected chi connectivity index (χ3v) is 6.74. The molecule has 33 heavy (non-hydrogen) atoms. The number of thioether (sulfide) groups is 1. The number of ether oxygens (including phenoxy) is 1. The van der Waals surface area contributed by atoms with Gasteiger partial charge in [0.05, 0.1) is 13.2 Å². The highest BCUT2D eigenvalue weighted by Gasteiger charge is 2.61. The molecule has 180 valence electrons. The van der Waals surface area contributed by atoms with Crippen LogP contribution in [-0.4, -0.2) is 34.9 Å². The lowest BCUT2D eigenvalue weighted by atomic mass is 9.70. The predicted molar refractivity (Wildman–Crippen MR) is 124 cm³/mol. The molecule has 1 aliphatic heterocycles. The van der Waals surface area contributed by atoms with E-state index < -0.39 is 35.5 Å². The van der Waals surface area contributed by atoms with Crippen LogP contribution in [0.25, 0.3) is 0 Å². The van der Waals surface area contributed by atoms with Crippen LogP contribution in [0.2, 0.25) is 0 Å². The van der Waals surface area contributed by atoms with Gasteiger partial charge in [-0.3, -0.25) is 0 Å². The van der Waals surface area contributed by atoms with Crippen molar-refractivity contribution < 1.29 is 27.4 Å². The molecule has 1 aromatic rings. The zero-order valence-corrected chi connectivity index (χ0v) is 19.7. The van der Waals surface area contributed by atoms with Crippen LogP contribution in [-0.2, 0) is 5.41 Å². The minimum Gasteiger partial charge on any atom is -0.496 e. The molecule has 2 aliphatic rings. The summed E-state index contributed by atoms with van der Waals surface area (Å²) in [6, 6.07) is 2.46. The SMILES string of the molecule is COc1ccc(F)cc1C(C)(C)CC(O)(C(CC1=CC=CCC1)N1C=CSC=C1)C(F)(F)F. The summed E-state index contributed by atoms with van der Waals surface area (Å²) in [6.45, 7) is 3.14. The summed E-state index contributed by atoms with van der Waals surface area (Å²) in [4.78, 5) is 1.43. The highest BCUT2D eigenvalue weighted by molar-refractivity contribution is 8.04. The Kier molecular flexibility index (Phi) is 7.69. The van der Waals surface area contributed by atoms with Gasteiger partial charge in [0.15, 0.2) is 5.60 Å². The fourth-order valence-electron chi connectivity index (χ4n) is 4.49. The number of alkyl halides is 3. The zero-order chi connectivity index (χ0) is 24.3. The topological polar surface area (TPSA) is 32.7 Å². The number of allylic oxidation sites excluding steroid dienone is 3. The molecule has 3 rings (SSSR count). The van der Waals surface area contributed by atoms with Crippen LogP contribution in [0.15, 0.2) is 65.2 Å². The summed E-state index contributed by atoms with van der Waals surface area (Å²) in [7, 11) is 1.38. The van der Waals surface area contributed by atoms with Gasteiger partial charge in [0.2, 0.25) is 0 Å². The standard InChI is InChI=1S/C25H29F4NO2S/c1-23(2,20-16-19(26)9-10-21(20)32-3)17-24(31,25(27,28)29)22(30-11-13-33-14-12-30)15-18-7-5-4-6-8-18/h4-5,7,9-14,16,22,31H,6,8,15,17H2,1-3H3. The van der Waals surface area contributed by atoms with Crippen molar-refractivity contribution in [3.05, 3.63) is 76.6 Å². The Balaban J connectivity index is 2.08. The summed E-state index contributed by atoms with van der Waals surface area (Å²) >= 11 is 1.35. The fourth-order valence-corrected chi connectivity index (χ4v) is 5.00. The fraction of sp³-hybridized carbons (Fsp3) is 0.440. The maximum absolute atomic E-state index is 14.7. The van der Waals surface area contributed by atoms with Crippen LogP contribution in [0.5, 0.6) is 5.75 Å². The third kappa shape index (κ3) is 5.66. The van der Waals surface area contributed by atoms with Crippen LogP contribution in [0.1, 0.15) is 45.1 Å². The Morgan fingerprint density at radius 1 is 1.18 bits per heavy atom. The second-order valence-electron chi connectivity index (χ2n) is 8.99. The molecule has 1 aliphatic carbocycles. The van der Waals surface area contributed by atoms with Crippen molar-refractivity contribution in [2.45, 2.75) is 62.8 Å². The molecule has 2 unspecified atom stereocenters. The first-order valence-corrected chi connectivity index (χ1v) is 11.7. The monoisotopic (exact) mass is 483 g/mol. The average Bonchev–Trinajstić information content (AvgIpc) is 2.77. The van der Waals surface area contributed by atoms with Gasteiger partial charge in [-0.25, -0.2) is 4.39 Å². The van der Waals surface area contributed by atoms with Gasteiger partial charge in [-0.15, -0.1) is 11.8 Å². The summed E-state index contributed by atoms with van der Waals surface area (Å²) < 4.78 is 63.5. The minimum atomic E-state index is -4.94. The number of benzene rings is 1. The van der Waals surface area contributed by atoms with Gasteiger partial charge in [-0.2, -0.15) is 13.2 Å². The molecule has 0 saturated heterocycles. The van der Waals surface area contributed by atoms with Gasteiger partial charge in [-0.1, -0.05) is 37.6 Å². The maximum Gasteiger partial charge on any atom is 0.419 e. The summed E-state index contributed by atoms with van der Waals surface area (Å²) in [5.74, 6) is -0.305. The summed E-state index contributed by atoms with van der Waals surface area (Å²) in [6.07, 6.45) is 4.54. The molecule has 0 bridgehead atoms. The first-order chi connectivity index (χ1) is 15.5. The summed E-state index contributed by atoms with van der Waals surface area (Å²) in [5.41, 5.74) is -3.24. The maximum atomic E-state index is 14.7. The summed E-state index contributed by atoms with van der Waals surface area (Å²) in [5, 5.41) is 14.9. The number of aliphatic hydroxyl groups is 1. The van der Waals surface area contributed by atoms with E-state index in [0.717, 1.165) is 12.0 Å². The molecule has 0 radical (unpaired) electrons. The first-order valence-electron chi connectivity index (χ1n) is 10.7. The average molecular weight is 484 g/mol. The van der Waals surface area contributed by atoms with Crippen molar-refractivity contribution in [3.63, 3.8) is 0 Å². The molecule has 0 fully saturated rings. The Morgan fingerprint density at radius 2 is 1.88 bits per heavy atom. The minimum absolute atomic E-state index is 0.0378. The second-order valence-corrected chi connectivity index (χ2v) is 9.81. The molecule has 1 aromatic carbocycles. The Bertz CT molecular complexity index is 956. The molecule has 0 spiro atoms. The molecule has 3 nitrogen and oxygen atoms in total. The highest BCUT2D eigenvalue weighted by atomic mass is 32.2. The number of rotatable bonds is 8. The van der Waals surface area contributed by atoms with Crippen LogP contribution in [0.3, 0.4) is 0 Å². The van der Waals surface area contributed by atoms with Gasteiger partial charge in [0, 0.05) is 18.0 Å². The van der Waals surface area contributed by atoms with E-state index in [1.54, 1.807) is 37.1 Å². The molecule has 0 saturated carbocycles. The Morgan fingerprint density at radius 3 is 2.45 bits per heavy atom. The largest absolute Gasteiger partial charge is 0.496 e. The molecule has 0 amide bonds. The van der Waals surface area contributed by atoms with Gasteiger partial charge < -0.3 is 14.7 Å². The van der Waals surface area contributed by atoms with Gasteiger partial charge >= 0.3 is 6.18 Å². The number of nitrogens with zero attached hydrogens (tertiary/aromatic N) is 1. The second kappa shape index (κ2) is 9.97. The van der Waals surface area contributed by atoms with E-state index in [-0.39, 0.29) is 17.7 Å². The van der Waals surface area contributed by atoms with E-state index in [4.69, 9.17) is 4.74 Å². The van der Waals surface area contributed by atoms with Crippen molar-refractivity contribution >= 4 is 11.8 Å². The highest BCUT2D eigenvalue weighted by Crippen LogP contribution is 2.48. The van der Waals surface area contributed by atoms with Gasteiger partial charge in [0.1, 0.15) is 11.6 Å². The lowest BCUT2D eigenvalue weighted by Gasteiger charge is -2.46. The quantitative estimate of drug-likeness (QED) is 0.411. The Hall–Kier alpha value is -2.19. The van der Waals surface area contributed by atoms with Gasteiger partial charge in [-0.05, 0) is 60.1 Å². The molecule has 0 aromatic heterocycles. The van der Waals surface area contributed by atoms with Crippen molar-refractivity contribution in [3.8, 4) is 5.75 Å². The molecule has 1 heterocycles. The number of hydrogen-bond donors (Lipinski definition) is 1. The van der Waals surface area contributed by atoms with Crippen molar-refractivity contribution in [1.82, 2.24) is 4.90 Å². The Labute approximate surface area is 196 Å². The predicted octanol–water partition coefficient (Wildman–Crippen LogP) is 6.82. The number of halogens is 4. The third-order valence-electron chi connectivity index (χ3n) is 6.18. The molecule has 2 atom stereocenters. The van der Waals surface area contributed by atoms with Gasteiger partial charge in [0.25, 0.3) is 0 Å². The number of hydrogen-bond acceptors (Lipinski definition) is 4. The van der Waals surface area contributed by atoms with Crippen LogP contribution in [0, 0.1) is 5.82 Å². The lowest BCUT2D eigenvalue weighted by Crippen LogP contribution is -2.61. The van der Waals surface area contributed by atoms with E-state index in [1.165, 1.54) is 42.0 Å². The van der Waals surface area contributed by atoms with E-state index in [0.29, 0.717) is 6.42 Å². The first kappa shape index (κ1) is 25.4. The van der Waals surface area contributed by atoms with E-state index in [2.05, 4.69) is 0 Å². The lowest BCUT2D eigenvalue weighted by molar-refractivity contribution is -0.283. The van der Waals surface area contributed by atoms with Crippen LogP contribution >= 0.6 is 11.8 Å². The smallest absolute Gasteiger partial charge is 0.419 e. The van der Waals surface area contributed by atoms with E-state index in [9.17, 15) is 22.7 Å². The molecule has 8 heteroatoms. The van der Waals surface area contributed by atoms with Crippen molar-refractivity contribution in [2.75, 3.05) is 7.11 Å². The molecule has 1 N–H and O–H groups in total. The van der Waals surface area contributed by atoms with Crippen LogP contribution in [0.4, 0.5) is 17.6 Å². The zero-order valence-electron chi connectivity index (χ0n) is 18.9. The normalized spacial score (nSPS) is 19.3. The molecular formula is C25H29F4NO2S. The van der Waals surface area contributed by atoms with Crippen molar-refractivity contribution in [1.29, 1.82) is 0 Å². The van der Waals surface area contributed by atoms with Crippen molar-refractivity contribution in [2.24, 2.45) is 0 Å². The molecular weight excluding hydrogens is 454 g/mol. The van der Waals surface area contributed by atoms with Crippen LogP contribution < -0.4 is 4.74 Å². The number of methoxy groups -OCH3 is 1.